The van der Waals surface area contributed by atoms with Gasteiger partial charge in [-0.3, -0.25) is 0 Å². The third kappa shape index (κ3) is 2.91. The molecule has 3 aromatic rings. The van der Waals surface area contributed by atoms with Gasteiger partial charge >= 0.3 is 0 Å². The number of hydrogen-bond donors (Lipinski definition) is 1. The van der Waals surface area contributed by atoms with E-state index in [4.69, 9.17) is 4.74 Å². The van der Waals surface area contributed by atoms with Crippen molar-refractivity contribution in [1.82, 2.24) is 24.8 Å². The highest BCUT2D eigenvalue weighted by Gasteiger charge is 2.23. The first-order chi connectivity index (χ1) is 12.1. The number of hydrogen-bond acceptors (Lipinski definition) is 5. The van der Waals surface area contributed by atoms with Gasteiger partial charge in [0.25, 0.3) is 0 Å². The van der Waals surface area contributed by atoms with E-state index < -0.39 is 6.10 Å². The van der Waals surface area contributed by atoms with Crippen molar-refractivity contribution >= 4 is 0 Å². The van der Waals surface area contributed by atoms with Crippen LogP contribution in [-0.2, 0) is 6.54 Å². The standard InChI is InChI=1S/C18H21N5O2/c1-12-4-6-14(7-5-12)17(24)13(2)23-11-16(20-21-23)15-10-19-22-8-3-9-25-18(15)22/h4-7,10-11,13,17,24H,3,8-9H2,1-2H3. The van der Waals surface area contributed by atoms with Gasteiger partial charge in [0, 0.05) is 13.0 Å². The van der Waals surface area contributed by atoms with Gasteiger partial charge in [-0.15, -0.1) is 5.10 Å². The van der Waals surface area contributed by atoms with Crippen LogP contribution in [0.4, 0.5) is 0 Å². The lowest BCUT2D eigenvalue weighted by Crippen LogP contribution is -2.15. The van der Waals surface area contributed by atoms with Crippen molar-refractivity contribution < 1.29 is 9.84 Å². The summed E-state index contributed by atoms with van der Waals surface area (Å²) < 4.78 is 9.26. The molecule has 0 fully saturated rings. The second-order valence-electron chi connectivity index (χ2n) is 6.47. The van der Waals surface area contributed by atoms with Gasteiger partial charge in [0.15, 0.2) is 0 Å². The summed E-state index contributed by atoms with van der Waals surface area (Å²) in [7, 11) is 0. The lowest BCUT2D eigenvalue weighted by Gasteiger charge is -2.19. The van der Waals surface area contributed by atoms with Crippen molar-refractivity contribution in [2.75, 3.05) is 6.61 Å². The van der Waals surface area contributed by atoms with Crippen molar-refractivity contribution in [2.24, 2.45) is 0 Å². The minimum absolute atomic E-state index is 0.240. The number of benzene rings is 1. The topological polar surface area (TPSA) is 78.0 Å². The predicted molar refractivity (Wildman–Crippen MR) is 92.2 cm³/mol. The molecule has 1 aliphatic rings. The maximum atomic E-state index is 10.6. The lowest BCUT2D eigenvalue weighted by molar-refractivity contribution is 0.114. The summed E-state index contributed by atoms with van der Waals surface area (Å²) >= 11 is 0. The molecule has 1 N–H and O–H groups in total. The first-order valence-corrected chi connectivity index (χ1v) is 8.49. The number of nitrogens with zero attached hydrogens (tertiary/aromatic N) is 5. The largest absolute Gasteiger partial charge is 0.477 e. The van der Waals surface area contributed by atoms with E-state index >= 15 is 0 Å². The molecule has 3 heterocycles. The molecule has 0 spiro atoms. The van der Waals surface area contributed by atoms with Crippen LogP contribution in [0.15, 0.2) is 36.7 Å². The minimum atomic E-state index is -0.660. The van der Waals surface area contributed by atoms with E-state index in [0.29, 0.717) is 12.3 Å². The third-order valence-corrected chi connectivity index (χ3v) is 4.62. The molecular formula is C18H21N5O2. The van der Waals surface area contributed by atoms with E-state index in [9.17, 15) is 5.11 Å². The Kier molecular flexibility index (Phi) is 4.01. The number of aryl methyl sites for hydroxylation is 2. The Morgan fingerprint density at radius 3 is 2.84 bits per heavy atom. The van der Waals surface area contributed by atoms with Crippen LogP contribution in [0.5, 0.6) is 5.88 Å². The molecule has 7 heteroatoms. The highest BCUT2D eigenvalue weighted by Crippen LogP contribution is 2.32. The number of fused-ring (bicyclic) bond motifs is 1. The minimum Gasteiger partial charge on any atom is -0.477 e. The van der Waals surface area contributed by atoms with Crippen LogP contribution in [0.3, 0.4) is 0 Å². The fourth-order valence-electron chi connectivity index (χ4n) is 3.03. The van der Waals surface area contributed by atoms with Crippen LogP contribution in [-0.4, -0.2) is 36.5 Å². The molecule has 25 heavy (non-hydrogen) atoms. The van der Waals surface area contributed by atoms with Crippen LogP contribution >= 0.6 is 0 Å². The Bertz CT molecular complexity index is 868. The zero-order valence-corrected chi connectivity index (χ0v) is 14.3. The molecular weight excluding hydrogens is 318 g/mol. The normalized spacial score (nSPS) is 16.1. The molecule has 130 valence electrons. The zero-order chi connectivity index (χ0) is 17.4. The monoisotopic (exact) mass is 339 g/mol. The van der Waals surface area contributed by atoms with Crippen LogP contribution in [0.2, 0.25) is 0 Å². The third-order valence-electron chi connectivity index (χ3n) is 4.62. The van der Waals surface area contributed by atoms with Crippen molar-refractivity contribution in [1.29, 1.82) is 0 Å². The van der Waals surface area contributed by atoms with Crippen LogP contribution in [0.1, 0.15) is 36.6 Å². The molecule has 0 saturated carbocycles. The fraction of sp³-hybridized carbons (Fsp3) is 0.389. The van der Waals surface area contributed by atoms with Crippen molar-refractivity contribution in [3.05, 3.63) is 47.8 Å². The summed E-state index contributed by atoms with van der Waals surface area (Å²) in [5.74, 6) is 0.741. The van der Waals surface area contributed by atoms with E-state index in [2.05, 4.69) is 15.4 Å². The SMILES string of the molecule is Cc1ccc(C(O)C(C)n2cc(-c3cnn4c3OCCC4)nn2)cc1. The van der Waals surface area contributed by atoms with Gasteiger partial charge in [0.05, 0.1) is 30.6 Å². The summed E-state index contributed by atoms with van der Waals surface area (Å²) in [6.45, 7) is 5.49. The molecule has 1 aromatic carbocycles. The van der Waals surface area contributed by atoms with Gasteiger partial charge < -0.3 is 9.84 Å². The Hall–Kier alpha value is -2.67. The smallest absolute Gasteiger partial charge is 0.221 e. The maximum absolute atomic E-state index is 10.6. The Labute approximate surface area is 145 Å². The highest BCUT2D eigenvalue weighted by atomic mass is 16.5. The lowest BCUT2D eigenvalue weighted by atomic mass is 10.0. The van der Waals surface area contributed by atoms with Gasteiger partial charge in [-0.25, -0.2) is 9.36 Å². The molecule has 0 radical (unpaired) electrons. The van der Waals surface area contributed by atoms with Crippen molar-refractivity contribution in [3.63, 3.8) is 0 Å². The summed E-state index contributed by atoms with van der Waals surface area (Å²) in [5.41, 5.74) is 3.56. The number of aliphatic hydroxyl groups is 1. The van der Waals surface area contributed by atoms with Crippen LogP contribution < -0.4 is 4.74 Å². The van der Waals surface area contributed by atoms with E-state index in [1.165, 1.54) is 0 Å². The average molecular weight is 339 g/mol. The van der Waals surface area contributed by atoms with Gasteiger partial charge in [0.2, 0.25) is 5.88 Å². The maximum Gasteiger partial charge on any atom is 0.221 e. The van der Waals surface area contributed by atoms with E-state index in [1.54, 1.807) is 10.9 Å². The molecule has 0 bridgehead atoms. The molecule has 0 amide bonds. The molecule has 4 rings (SSSR count). The average Bonchev–Trinajstić information content (AvgIpc) is 3.28. The molecule has 0 aliphatic carbocycles. The quantitative estimate of drug-likeness (QED) is 0.790. The number of rotatable bonds is 4. The Morgan fingerprint density at radius 1 is 1.24 bits per heavy atom. The fourth-order valence-corrected chi connectivity index (χ4v) is 3.03. The summed E-state index contributed by atoms with van der Waals surface area (Å²) in [4.78, 5) is 0. The molecule has 2 unspecified atom stereocenters. The summed E-state index contributed by atoms with van der Waals surface area (Å²) in [6, 6.07) is 7.63. The summed E-state index contributed by atoms with van der Waals surface area (Å²) in [5, 5.41) is 23.4. The number of aliphatic hydroxyl groups excluding tert-OH is 1. The van der Waals surface area contributed by atoms with Crippen molar-refractivity contribution in [3.8, 4) is 17.1 Å². The number of aromatic nitrogens is 5. The predicted octanol–water partition coefficient (Wildman–Crippen LogP) is 2.53. The molecule has 0 saturated heterocycles. The second-order valence-corrected chi connectivity index (χ2v) is 6.47. The number of ether oxygens (including phenoxy) is 1. The Balaban J connectivity index is 1.58. The molecule has 7 nitrogen and oxygen atoms in total. The van der Waals surface area contributed by atoms with Crippen molar-refractivity contribution in [2.45, 2.75) is 39.0 Å². The van der Waals surface area contributed by atoms with Crippen LogP contribution in [0, 0.1) is 6.92 Å². The first kappa shape index (κ1) is 15.8. The summed E-state index contributed by atoms with van der Waals surface area (Å²) in [6.07, 6.45) is 3.89. The van der Waals surface area contributed by atoms with Gasteiger partial charge in [-0.1, -0.05) is 35.0 Å². The van der Waals surface area contributed by atoms with E-state index in [-0.39, 0.29) is 6.04 Å². The van der Waals surface area contributed by atoms with E-state index in [1.807, 2.05) is 49.0 Å². The van der Waals surface area contributed by atoms with Gasteiger partial charge in [0.1, 0.15) is 11.8 Å². The second kappa shape index (κ2) is 6.33. The van der Waals surface area contributed by atoms with E-state index in [0.717, 1.165) is 35.5 Å². The molecule has 2 atom stereocenters. The molecule has 2 aromatic heterocycles. The van der Waals surface area contributed by atoms with Gasteiger partial charge in [-0.2, -0.15) is 5.10 Å². The molecule has 1 aliphatic heterocycles. The first-order valence-electron chi connectivity index (χ1n) is 8.49. The van der Waals surface area contributed by atoms with Gasteiger partial charge in [-0.05, 0) is 19.4 Å². The Morgan fingerprint density at radius 2 is 2.04 bits per heavy atom. The van der Waals surface area contributed by atoms with Crippen LogP contribution in [0.25, 0.3) is 11.3 Å². The zero-order valence-electron chi connectivity index (χ0n) is 14.3. The highest BCUT2D eigenvalue weighted by molar-refractivity contribution is 5.63.